The molecule has 29 heavy (non-hydrogen) atoms. The molecule has 0 unspecified atom stereocenters. The van der Waals surface area contributed by atoms with Crippen LogP contribution in [-0.4, -0.2) is 23.7 Å². The number of ether oxygens (including phenoxy) is 1. The summed E-state index contributed by atoms with van der Waals surface area (Å²) in [5, 5.41) is 13.4. The summed E-state index contributed by atoms with van der Waals surface area (Å²) in [6.45, 7) is -0.121. The topological polar surface area (TPSA) is 93.8 Å². The number of non-ortho nitro benzene ring substituents is 1. The summed E-state index contributed by atoms with van der Waals surface area (Å²) in [4.78, 5) is 26.5. The second kappa shape index (κ2) is 9.61. The van der Waals surface area contributed by atoms with E-state index in [4.69, 9.17) is 4.74 Å². The summed E-state index contributed by atoms with van der Waals surface area (Å²) in [5.74, 6) is 0.271. The number of halogens is 1. The first-order valence-electron chi connectivity index (χ1n) is 8.57. The lowest BCUT2D eigenvalue weighted by atomic mass is 10.2. The number of rotatable bonds is 7. The highest BCUT2D eigenvalue weighted by Crippen LogP contribution is 2.26. The molecule has 0 saturated carbocycles. The molecular formula is C21H16BrN3O4. The van der Waals surface area contributed by atoms with Crippen molar-refractivity contribution in [2.24, 2.45) is 4.99 Å². The van der Waals surface area contributed by atoms with Gasteiger partial charge in [-0.2, -0.15) is 0 Å². The van der Waals surface area contributed by atoms with Crippen molar-refractivity contribution in [1.29, 1.82) is 0 Å². The molecule has 0 bridgehead atoms. The summed E-state index contributed by atoms with van der Waals surface area (Å²) in [7, 11) is 0. The zero-order valence-corrected chi connectivity index (χ0v) is 16.7. The van der Waals surface area contributed by atoms with Crippen LogP contribution in [0, 0.1) is 10.1 Å². The van der Waals surface area contributed by atoms with Gasteiger partial charge in [0.2, 0.25) is 0 Å². The Balaban J connectivity index is 1.58. The van der Waals surface area contributed by atoms with E-state index in [9.17, 15) is 14.9 Å². The van der Waals surface area contributed by atoms with Crippen molar-refractivity contribution < 1.29 is 14.5 Å². The normalized spacial score (nSPS) is 10.7. The van der Waals surface area contributed by atoms with Gasteiger partial charge in [-0.1, -0.05) is 18.2 Å². The Bertz CT molecular complexity index is 1040. The average molecular weight is 454 g/mol. The number of benzene rings is 3. The molecule has 0 heterocycles. The summed E-state index contributed by atoms with van der Waals surface area (Å²) < 4.78 is 6.24. The molecule has 1 amide bonds. The Hall–Kier alpha value is -3.52. The van der Waals surface area contributed by atoms with E-state index >= 15 is 0 Å². The number of amides is 1. The molecule has 0 aliphatic carbocycles. The molecule has 0 fully saturated rings. The predicted octanol–water partition coefficient (Wildman–Crippen LogP) is 5.13. The molecule has 0 aromatic heterocycles. The van der Waals surface area contributed by atoms with E-state index in [1.807, 2.05) is 18.2 Å². The third kappa shape index (κ3) is 5.98. The molecule has 0 spiro atoms. The summed E-state index contributed by atoms with van der Waals surface area (Å²) in [6.07, 6.45) is 1.64. The minimum Gasteiger partial charge on any atom is -0.483 e. The van der Waals surface area contributed by atoms with Gasteiger partial charge in [0.15, 0.2) is 6.61 Å². The lowest BCUT2D eigenvalue weighted by molar-refractivity contribution is -0.384. The molecule has 0 atom stereocenters. The van der Waals surface area contributed by atoms with Crippen molar-refractivity contribution in [3.05, 3.63) is 92.9 Å². The van der Waals surface area contributed by atoms with Crippen molar-refractivity contribution in [3.8, 4) is 5.75 Å². The maximum absolute atomic E-state index is 12.0. The van der Waals surface area contributed by atoms with Crippen molar-refractivity contribution in [1.82, 2.24) is 0 Å². The monoisotopic (exact) mass is 453 g/mol. The number of hydrogen-bond acceptors (Lipinski definition) is 5. The van der Waals surface area contributed by atoms with Gasteiger partial charge >= 0.3 is 0 Å². The molecular weight excluding hydrogens is 438 g/mol. The lowest BCUT2D eigenvalue weighted by Gasteiger charge is -2.09. The first kappa shape index (κ1) is 20.2. The van der Waals surface area contributed by atoms with Gasteiger partial charge in [0, 0.05) is 24.0 Å². The Labute approximate surface area is 175 Å². The number of nitrogens with one attached hydrogen (secondary N) is 1. The molecule has 0 radical (unpaired) electrons. The average Bonchev–Trinajstić information content (AvgIpc) is 2.72. The van der Waals surface area contributed by atoms with Gasteiger partial charge in [0.1, 0.15) is 5.75 Å². The molecule has 3 aromatic rings. The van der Waals surface area contributed by atoms with Crippen LogP contribution in [0.25, 0.3) is 0 Å². The number of carbonyl (C=O) groups is 1. The second-order valence-electron chi connectivity index (χ2n) is 5.92. The van der Waals surface area contributed by atoms with Gasteiger partial charge in [0.25, 0.3) is 11.6 Å². The summed E-state index contributed by atoms with van der Waals surface area (Å²) in [6, 6.07) is 20.4. The smallest absolute Gasteiger partial charge is 0.269 e. The minimum absolute atomic E-state index is 0.0181. The third-order valence-electron chi connectivity index (χ3n) is 3.80. The molecule has 146 valence electrons. The van der Waals surface area contributed by atoms with Crippen molar-refractivity contribution in [3.63, 3.8) is 0 Å². The number of nitro groups is 1. The largest absolute Gasteiger partial charge is 0.483 e. The van der Waals surface area contributed by atoms with Crippen LogP contribution < -0.4 is 10.1 Å². The van der Waals surface area contributed by atoms with E-state index in [2.05, 4.69) is 26.2 Å². The molecule has 8 heteroatoms. The first-order chi connectivity index (χ1) is 14.0. The Kier molecular flexibility index (Phi) is 6.70. The van der Waals surface area contributed by atoms with Gasteiger partial charge in [-0.05, 0) is 64.0 Å². The quantitative estimate of drug-likeness (QED) is 0.305. The Morgan fingerprint density at radius 3 is 2.48 bits per heavy atom. The maximum atomic E-state index is 12.0. The van der Waals surface area contributed by atoms with Gasteiger partial charge in [-0.25, -0.2) is 0 Å². The number of nitro benzene ring substituents is 1. The highest BCUT2D eigenvalue weighted by atomic mass is 79.9. The van der Waals surface area contributed by atoms with Gasteiger partial charge < -0.3 is 10.1 Å². The van der Waals surface area contributed by atoms with E-state index in [0.29, 0.717) is 21.6 Å². The molecule has 0 aliphatic heterocycles. The Morgan fingerprint density at radius 2 is 1.83 bits per heavy atom. The fourth-order valence-corrected chi connectivity index (χ4v) is 2.90. The molecule has 1 N–H and O–H groups in total. The molecule has 7 nitrogen and oxygen atoms in total. The standard InChI is InChI=1S/C21H16BrN3O4/c22-19-12-15(13-23-16-7-9-18(10-8-16)25(27)28)6-11-20(19)29-14-21(26)24-17-4-2-1-3-5-17/h1-13H,14H2,(H,24,26). The lowest BCUT2D eigenvalue weighted by Crippen LogP contribution is -2.20. The number of para-hydroxylation sites is 1. The molecule has 3 rings (SSSR count). The number of aliphatic imine (C=N–C) groups is 1. The van der Waals surface area contributed by atoms with Crippen LogP contribution in [0.15, 0.2) is 82.3 Å². The minimum atomic E-state index is -0.455. The van der Waals surface area contributed by atoms with Crippen molar-refractivity contribution in [2.45, 2.75) is 0 Å². The molecule has 3 aromatic carbocycles. The first-order valence-corrected chi connectivity index (χ1v) is 9.36. The highest BCUT2D eigenvalue weighted by molar-refractivity contribution is 9.10. The summed E-state index contributed by atoms with van der Waals surface area (Å²) >= 11 is 3.42. The van der Waals surface area contributed by atoms with E-state index in [1.54, 1.807) is 48.7 Å². The van der Waals surface area contributed by atoms with E-state index in [1.165, 1.54) is 12.1 Å². The van der Waals surface area contributed by atoms with Crippen LogP contribution in [0.2, 0.25) is 0 Å². The van der Waals surface area contributed by atoms with E-state index in [-0.39, 0.29) is 18.2 Å². The van der Waals surface area contributed by atoms with Crippen molar-refractivity contribution >= 4 is 45.1 Å². The molecule has 0 aliphatic rings. The van der Waals surface area contributed by atoms with E-state index < -0.39 is 4.92 Å². The van der Waals surface area contributed by atoms with Gasteiger partial charge in [-0.15, -0.1) is 0 Å². The van der Waals surface area contributed by atoms with Gasteiger partial charge in [0.05, 0.1) is 15.1 Å². The van der Waals surface area contributed by atoms with Crippen molar-refractivity contribution in [2.75, 3.05) is 11.9 Å². The number of carbonyl (C=O) groups excluding carboxylic acids is 1. The number of anilines is 1. The fourth-order valence-electron chi connectivity index (χ4n) is 2.39. The van der Waals surface area contributed by atoms with E-state index in [0.717, 1.165) is 5.56 Å². The van der Waals surface area contributed by atoms with Crippen LogP contribution in [0.5, 0.6) is 5.75 Å². The van der Waals surface area contributed by atoms with Crippen LogP contribution in [0.4, 0.5) is 17.1 Å². The Morgan fingerprint density at radius 1 is 1.10 bits per heavy atom. The van der Waals surface area contributed by atoms with Crippen LogP contribution in [-0.2, 0) is 4.79 Å². The van der Waals surface area contributed by atoms with Crippen LogP contribution in [0.1, 0.15) is 5.56 Å². The van der Waals surface area contributed by atoms with Gasteiger partial charge in [-0.3, -0.25) is 19.9 Å². The highest BCUT2D eigenvalue weighted by Gasteiger charge is 2.07. The second-order valence-corrected chi connectivity index (χ2v) is 6.78. The fraction of sp³-hybridized carbons (Fsp3) is 0.0476. The maximum Gasteiger partial charge on any atom is 0.269 e. The zero-order chi connectivity index (χ0) is 20.6. The predicted molar refractivity (Wildman–Crippen MR) is 115 cm³/mol. The SMILES string of the molecule is O=C(COc1ccc(C=Nc2ccc([N+](=O)[O-])cc2)cc1Br)Nc1ccccc1. The number of nitrogens with zero attached hydrogens (tertiary/aromatic N) is 2. The van der Waals surface area contributed by atoms with Crippen LogP contribution >= 0.6 is 15.9 Å². The zero-order valence-electron chi connectivity index (χ0n) is 15.1. The summed E-state index contributed by atoms with van der Waals surface area (Å²) in [5.41, 5.74) is 2.13. The third-order valence-corrected chi connectivity index (χ3v) is 4.42. The molecule has 0 saturated heterocycles. The van der Waals surface area contributed by atoms with Crippen LogP contribution in [0.3, 0.4) is 0 Å². The number of hydrogen-bond donors (Lipinski definition) is 1.